The second kappa shape index (κ2) is 27.4. The zero-order chi connectivity index (χ0) is 83.5. The highest BCUT2D eigenvalue weighted by Gasteiger charge is 2.22. The van der Waals surface area contributed by atoms with Gasteiger partial charge in [-0.15, -0.1) is 0 Å². The zero-order valence-corrected chi connectivity index (χ0v) is 58.1. The zero-order valence-electron chi connectivity index (χ0n) is 72.1. The van der Waals surface area contributed by atoms with Crippen molar-refractivity contribution in [1.29, 1.82) is 0 Å². The van der Waals surface area contributed by atoms with E-state index in [9.17, 15) is 0 Å². The van der Waals surface area contributed by atoms with Gasteiger partial charge in [-0.1, -0.05) is 397 Å². The van der Waals surface area contributed by atoms with Crippen LogP contribution in [0.25, 0.3) is 196 Å². The van der Waals surface area contributed by atoms with Gasteiger partial charge in [-0.05, 0) is 214 Å². The molecule has 0 aromatic heterocycles. The third kappa shape index (κ3) is 11.1. The smallest absolute Gasteiger partial charge is 0.0194 e. The van der Waals surface area contributed by atoms with Gasteiger partial charge < -0.3 is 0 Å². The summed E-state index contributed by atoms with van der Waals surface area (Å²) in [5, 5.41) is 30.8. The van der Waals surface area contributed by atoms with Crippen molar-refractivity contribution in [2.45, 2.75) is 14.8 Å². The van der Waals surface area contributed by atoms with E-state index in [1.165, 1.54) is 211 Å². The monoisotopic (exact) mass is 1350 g/mol. The van der Waals surface area contributed by atoms with Crippen LogP contribution in [-0.4, -0.2) is 0 Å². The largest absolute Gasteiger partial charge is 0.0776 e. The summed E-state index contributed by atoms with van der Waals surface area (Å²) in [5.74, 6) is 0. The van der Waals surface area contributed by atoms with E-state index in [2.05, 4.69) is 400 Å². The molecule has 0 atom stereocenters. The minimum atomic E-state index is 1.25. The van der Waals surface area contributed by atoms with Gasteiger partial charge in [0.1, 0.15) is 0 Å². The van der Waals surface area contributed by atoms with E-state index in [1.807, 2.05) is 0 Å². The van der Waals surface area contributed by atoms with Gasteiger partial charge in [0.25, 0.3) is 0 Å². The second-order valence-electron chi connectivity index (χ2n) is 26.8. The molecule has 0 fully saturated rings. The Morgan fingerprint density at radius 2 is 0.308 bits per heavy atom. The highest BCUT2D eigenvalue weighted by Crippen LogP contribution is 2.50. The van der Waals surface area contributed by atoms with Crippen LogP contribution in [0.1, 0.15) is 35.4 Å². The standard InChI is InChI=1S/3C34H22.2CH4.6H2/c3*1-2-12-25-22-26(21-20-23(25)10-1)33-29-15-5-7-17-31(29)34(32-18-8-6-16-30(32)33)28-19-9-13-24-11-3-4-14-27(24)28;;;;;;;;/h3*1-22H;2*1H4;6*1H/i;;;2*1D;6*1+1D. The molecule has 0 nitrogen and oxygen atoms in total. The highest BCUT2D eigenvalue weighted by atomic mass is 14.3. The maximum Gasteiger partial charge on any atom is 0.0194 e. The van der Waals surface area contributed by atoms with Crippen molar-refractivity contribution in [2.75, 3.05) is 0 Å². The third-order valence-corrected chi connectivity index (χ3v) is 21.1. The summed E-state index contributed by atoms with van der Waals surface area (Å²) < 4.78 is 71.5. The first kappa shape index (κ1) is 55.5. The summed E-state index contributed by atoms with van der Waals surface area (Å²) in [6.45, 7) is 0. The summed E-state index contributed by atoms with van der Waals surface area (Å²) >= 11 is 0. The maximum atomic E-state index is 5.75. The quantitative estimate of drug-likeness (QED) is 0.146. The predicted molar refractivity (Wildman–Crippen MR) is 468 cm³/mol. The number of hydrogen-bond acceptors (Lipinski definition) is 0. The van der Waals surface area contributed by atoms with E-state index in [-0.39, 0.29) is 0 Å². The number of fused-ring (bicyclic) bond motifs is 12. The van der Waals surface area contributed by atoms with Crippen LogP contribution in [0.4, 0.5) is 0 Å². The van der Waals surface area contributed by atoms with Gasteiger partial charge >= 0.3 is 0 Å². The lowest BCUT2D eigenvalue weighted by molar-refractivity contribution is 1.68. The molecule has 21 aromatic carbocycles. The predicted octanol–water partition coefficient (Wildman–Crippen LogP) is 31.6. The summed E-state index contributed by atoms with van der Waals surface area (Å²) in [4.78, 5) is 0. The van der Waals surface area contributed by atoms with Crippen molar-refractivity contribution < 1.29 is 20.6 Å². The van der Waals surface area contributed by atoms with Crippen molar-refractivity contribution in [2.24, 2.45) is 0 Å². The molecule has 0 heterocycles. The molecule has 502 valence electrons. The van der Waals surface area contributed by atoms with Gasteiger partial charge in [-0.2, -0.15) is 0 Å². The van der Waals surface area contributed by atoms with Crippen molar-refractivity contribution in [1.82, 2.24) is 0 Å². The Bertz CT molecular complexity index is 6100. The van der Waals surface area contributed by atoms with Crippen LogP contribution in [0.5, 0.6) is 0 Å². The molecule has 0 N–H and O–H groups in total. The molecule has 0 aliphatic carbocycles. The lowest BCUT2D eigenvalue weighted by atomic mass is 9.84. The molecule has 0 spiro atoms. The molecule has 0 radical (unpaired) electrons. The average molecular weight is 1350 g/mol. The van der Waals surface area contributed by atoms with Crippen LogP contribution in [0, 0.1) is 0 Å². The van der Waals surface area contributed by atoms with Gasteiger partial charge in [0.2, 0.25) is 0 Å². The van der Waals surface area contributed by atoms with Crippen molar-refractivity contribution in [3.8, 4) is 66.8 Å². The van der Waals surface area contributed by atoms with E-state index in [0.717, 1.165) is 0 Å². The number of rotatable bonds is 6. The van der Waals surface area contributed by atoms with Crippen LogP contribution in [0.15, 0.2) is 400 Å². The Hall–Kier alpha value is -13.3. The van der Waals surface area contributed by atoms with Crippen LogP contribution in [-0.2, 0) is 0 Å². The SMILES string of the molecule is [2H]C.[2H]C.[2H][2H].[2H][2H].[2H][2H].[2H][2H].[2H][2H].[2H][2H].c1ccc2cc(-c3c4ccccc4c(-c4cccc5ccccc45)c4ccccc34)ccc2c1.c1ccc2cc(-c3c4ccccc4c(-c4cccc5ccccc45)c4ccccc34)ccc2c1.c1ccc2cc(-c3c4ccccc4c(-c4cccc5ccccc45)c4ccccc34)ccc2c1. The fraction of sp³-hybridized carbons (Fsp3) is 0.0192. The Balaban J connectivity index is 0.000000160. The summed E-state index contributed by atoms with van der Waals surface area (Å²) in [6.07, 6.45) is 0. The summed E-state index contributed by atoms with van der Waals surface area (Å²) in [7, 11) is 2.50. The second-order valence-corrected chi connectivity index (χ2v) is 26.8. The fourth-order valence-corrected chi connectivity index (χ4v) is 16.6. The lowest BCUT2D eigenvalue weighted by Crippen LogP contribution is -1.91. The molecule has 0 bridgehead atoms. The van der Waals surface area contributed by atoms with Crippen LogP contribution < -0.4 is 0 Å². The fourth-order valence-electron chi connectivity index (χ4n) is 16.6. The first-order chi connectivity index (χ1) is 58.6. The normalized spacial score (nSPS) is 11.9. The van der Waals surface area contributed by atoms with Crippen LogP contribution in [0.3, 0.4) is 0 Å². The van der Waals surface area contributed by atoms with E-state index < -0.39 is 0 Å². The topological polar surface area (TPSA) is 0 Å². The molecular formula is C104H86. The Morgan fingerprint density at radius 1 is 0.144 bits per heavy atom. The van der Waals surface area contributed by atoms with Gasteiger partial charge in [0, 0.05) is 20.6 Å². The molecule has 104 heavy (non-hydrogen) atoms. The molecule has 21 rings (SSSR count). The molecule has 0 amide bonds. The molecule has 0 aliphatic heterocycles. The Kier molecular flexibility index (Phi) is 14.6. The van der Waals surface area contributed by atoms with Crippen molar-refractivity contribution in [3.05, 3.63) is 400 Å². The minimum absolute atomic E-state index is 1.25. The lowest BCUT2D eigenvalue weighted by Gasteiger charge is -2.19. The number of benzene rings is 21. The first-order valence-electron chi connectivity index (χ1n) is 43.4. The molecule has 0 aliphatic rings. The highest BCUT2D eigenvalue weighted by molar-refractivity contribution is 6.27. The molecule has 0 unspecified atom stereocenters. The Labute approximate surface area is 628 Å². The Morgan fingerprint density at radius 3 is 0.529 bits per heavy atom. The molecule has 0 saturated heterocycles. The molecule has 0 heteroatoms. The van der Waals surface area contributed by atoms with Crippen molar-refractivity contribution >= 4 is 129 Å². The van der Waals surface area contributed by atoms with E-state index in [4.69, 9.17) is 20.6 Å². The molecule has 0 saturated carbocycles. The van der Waals surface area contributed by atoms with Gasteiger partial charge in [-0.3, -0.25) is 0 Å². The van der Waals surface area contributed by atoms with Crippen LogP contribution >= 0.6 is 0 Å². The average Bonchev–Trinajstić information content (AvgIpc) is 0.738. The number of hydrogen-bond donors (Lipinski definition) is 0. The van der Waals surface area contributed by atoms with Gasteiger partial charge in [0.15, 0.2) is 0 Å². The molecule has 21 aromatic rings. The first-order valence-corrected chi connectivity index (χ1v) is 35.4. The van der Waals surface area contributed by atoms with E-state index in [1.54, 1.807) is 0 Å². The van der Waals surface area contributed by atoms with Gasteiger partial charge in [-0.25, -0.2) is 0 Å². The van der Waals surface area contributed by atoms with E-state index in [0.29, 0.717) is 0 Å². The summed E-state index contributed by atoms with van der Waals surface area (Å²) in [6, 6.07) is 146. The third-order valence-electron chi connectivity index (χ3n) is 21.1. The summed E-state index contributed by atoms with van der Waals surface area (Å²) in [5.41, 5.74) is 15.5. The van der Waals surface area contributed by atoms with Gasteiger partial charge in [0.05, 0.1) is 0 Å². The molecular weight excluding hydrogens is 1250 g/mol. The van der Waals surface area contributed by atoms with Crippen LogP contribution in [0.2, 0.25) is 0 Å². The van der Waals surface area contributed by atoms with Crippen molar-refractivity contribution in [3.63, 3.8) is 0 Å². The van der Waals surface area contributed by atoms with E-state index >= 15 is 0 Å². The maximum absolute atomic E-state index is 5.75. The minimum Gasteiger partial charge on any atom is -0.0776 e.